The van der Waals surface area contributed by atoms with Crippen LogP contribution in [0.15, 0.2) is 0 Å². The zero-order valence-electron chi connectivity index (χ0n) is 11.7. The van der Waals surface area contributed by atoms with Gasteiger partial charge in [0.25, 0.3) is 0 Å². The van der Waals surface area contributed by atoms with E-state index in [2.05, 4.69) is 17.1 Å². The molecule has 0 aromatic rings. The normalized spacial score (nSPS) is 21.2. The second-order valence-corrected chi connectivity index (χ2v) is 5.22. The lowest BCUT2D eigenvalue weighted by Gasteiger charge is -2.16. The van der Waals surface area contributed by atoms with Crippen LogP contribution in [-0.2, 0) is 4.74 Å². The van der Waals surface area contributed by atoms with Crippen molar-refractivity contribution < 1.29 is 4.74 Å². The van der Waals surface area contributed by atoms with E-state index in [1.807, 2.05) is 0 Å². The van der Waals surface area contributed by atoms with Crippen molar-refractivity contribution in [2.45, 2.75) is 39.0 Å². The van der Waals surface area contributed by atoms with Crippen molar-refractivity contribution in [1.29, 1.82) is 0 Å². The molecule has 1 saturated heterocycles. The van der Waals surface area contributed by atoms with Crippen LogP contribution in [0, 0.1) is 5.92 Å². The highest BCUT2D eigenvalue weighted by Crippen LogP contribution is 2.15. The lowest BCUT2D eigenvalue weighted by atomic mass is 10.1. The molecule has 0 radical (unpaired) electrons. The molecular weight excluding hydrogens is 212 g/mol. The van der Waals surface area contributed by atoms with E-state index in [9.17, 15) is 0 Å². The first kappa shape index (κ1) is 14.9. The van der Waals surface area contributed by atoms with E-state index in [4.69, 9.17) is 4.74 Å². The Morgan fingerprint density at radius 1 is 1.24 bits per heavy atom. The third-order valence-electron chi connectivity index (χ3n) is 3.58. The second kappa shape index (κ2) is 9.86. The molecule has 3 nitrogen and oxygen atoms in total. The van der Waals surface area contributed by atoms with Gasteiger partial charge < -0.3 is 15.0 Å². The third-order valence-corrected chi connectivity index (χ3v) is 3.58. The molecule has 17 heavy (non-hydrogen) atoms. The number of unbranched alkanes of at least 4 members (excludes halogenated alkanes) is 3. The summed E-state index contributed by atoms with van der Waals surface area (Å²) in [5, 5.41) is 3.55. The fraction of sp³-hybridized carbons (Fsp3) is 1.00. The van der Waals surface area contributed by atoms with E-state index in [0.29, 0.717) is 0 Å². The summed E-state index contributed by atoms with van der Waals surface area (Å²) in [7, 11) is 1.81. The molecule has 1 heterocycles. The summed E-state index contributed by atoms with van der Waals surface area (Å²) in [5.74, 6) is 0.768. The molecule has 0 aromatic heterocycles. The molecular formula is C14H30N2O. The number of methoxy groups -OCH3 is 1. The lowest BCUT2D eigenvalue weighted by molar-refractivity contribution is 0.153. The largest absolute Gasteiger partial charge is 0.384 e. The minimum Gasteiger partial charge on any atom is -0.384 e. The fourth-order valence-electron chi connectivity index (χ4n) is 2.53. The summed E-state index contributed by atoms with van der Waals surface area (Å²) in [5.41, 5.74) is 0. The Hall–Kier alpha value is -0.120. The van der Waals surface area contributed by atoms with Gasteiger partial charge in [-0.25, -0.2) is 0 Å². The van der Waals surface area contributed by atoms with E-state index in [0.717, 1.165) is 19.1 Å². The minimum absolute atomic E-state index is 0.768. The molecule has 1 fully saturated rings. The molecule has 0 bridgehead atoms. The van der Waals surface area contributed by atoms with Gasteiger partial charge in [-0.05, 0) is 31.8 Å². The molecule has 0 aromatic carbocycles. The summed E-state index contributed by atoms with van der Waals surface area (Å²) < 4.78 is 5.21. The van der Waals surface area contributed by atoms with Gasteiger partial charge in [-0.3, -0.25) is 0 Å². The van der Waals surface area contributed by atoms with Gasteiger partial charge in [-0.2, -0.15) is 0 Å². The smallest absolute Gasteiger partial charge is 0.0503 e. The van der Waals surface area contributed by atoms with Gasteiger partial charge in [0.1, 0.15) is 0 Å². The van der Waals surface area contributed by atoms with Gasteiger partial charge in [0.2, 0.25) is 0 Å². The number of nitrogens with zero attached hydrogens (tertiary/aromatic N) is 1. The SMILES string of the molecule is CCCCCCNCCN1CCC(COC)C1. The molecule has 102 valence electrons. The van der Waals surface area contributed by atoms with Crippen LogP contribution in [0.25, 0.3) is 0 Å². The van der Waals surface area contributed by atoms with E-state index < -0.39 is 0 Å². The minimum atomic E-state index is 0.768. The van der Waals surface area contributed by atoms with E-state index in [1.54, 1.807) is 7.11 Å². The molecule has 1 aliphatic rings. The van der Waals surface area contributed by atoms with Crippen molar-refractivity contribution >= 4 is 0 Å². The van der Waals surface area contributed by atoms with Crippen LogP contribution in [0.3, 0.4) is 0 Å². The van der Waals surface area contributed by atoms with Gasteiger partial charge in [0.15, 0.2) is 0 Å². The predicted octanol–water partition coefficient (Wildman–Crippen LogP) is 2.12. The van der Waals surface area contributed by atoms with Crippen LogP contribution in [-0.4, -0.2) is 51.3 Å². The zero-order valence-corrected chi connectivity index (χ0v) is 11.7. The third kappa shape index (κ3) is 7.02. The number of hydrogen-bond donors (Lipinski definition) is 1. The van der Waals surface area contributed by atoms with E-state index in [1.165, 1.54) is 58.3 Å². The van der Waals surface area contributed by atoms with Crippen LogP contribution in [0.4, 0.5) is 0 Å². The zero-order chi connectivity index (χ0) is 12.3. The Labute approximate surface area is 107 Å². The number of hydrogen-bond acceptors (Lipinski definition) is 3. The molecule has 1 rings (SSSR count). The highest BCUT2D eigenvalue weighted by Gasteiger charge is 2.21. The Morgan fingerprint density at radius 2 is 2.12 bits per heavy atom. The first-order valence-electron chi connectivity index (χ1n) is 7.28. The summed E-state index contributed by atoms with van der Waals surface area (Å²) in [6.07, 6.45) is 6.73. The predicted molar refractivity (Wildman–Crippen MR) is 73.4 cm³/mol. The molecule has 0 aliphatic carbocycles. The van der Waals surface area contributed by atoms with Crippen LogP contribution >= 0.6 is 0 Å². The summed E-state index contributed by atoms with van der Waals surface area (Å²) >= 11 is 0. The standard InChI is InChI=1S/C14H30N2O/c1-3-4-5-6-8-15-9-11-16-10-7-14(12-16)13-17-2/h14-15H,3-13H2,1-2H3. The van der Waals surface area contributed by atoms with Gasteiger partial charge in [-0.1, -0.05) is 26.2 Å². The van der Waals surface area contributed by atoms with Gasteiger partial charge in [0.05, 0.1) is 6.61 Å². The monoisotopic (exact) mass is 242 g/mol. The van der Waals surface area contributed by atoms with Crippen LogP contribution in [0.1, 0.15) is 39.0 Å². The van der Waals surface area contributed by atoms with Crippen molar-refractivity contribution in [2.24, 2.45) is 5.92 Å². The number of ether oxygens (including phenoxy) is 1. The first-order valence-corrected chi connectivity index (χ1v) is 7.28. The highest BCUT2D eigenvalue weighted by molar-refractivity contribution is 4.75. The average molecular weight is 242 g/mol. The number of rotatable bonds is 10. The molecule has 0 spiro atoms. The van der Waals surface area contributed by atoms with Crippen molar-refractivity contribution in [3.8, 4) is 0 Å². The van der Waals surface area contributed by atoms with Crippen molar-refractivity contribution in [3.63, 3.8) is 0 Å². The maximum atomic E-state index is 5.21. The Morgan fingerprint density at radius 3 is 2.88 bits per heavy atom. The van der Waals surface area contributed by atoms with E-state index in [-0.39, 0.29) is 0 Å². The molecule has 3 heteroatoms. The number of nitrogens with one attached hydrogen (secondary N) is 1. The summed E-state index contributed by atoms with van der Waals surface area (Å²) in [4.78, 5) is 2.56. The van der Waals surface area contributed by atoms with Crippen LogP contribution < -0.4 is 5.32 Å². The Balaban J connectivity index is 1.87. The van der Waals surface area contributed by atoms with Gasteiger partial charge in [-0.15, -0.1) is 0 Å². The molecule has 1 atom stereocenters. The fourth-order valence-corrected chi connectivity index (χ4v) is 2.53. The summed E-state index contributed by atoms with van der Waals surface area (Å²) in [6.45, 7) is 9.21. The van der Waals surface area contributed by atoms with Crippen molar-refractivity contribution in [1.82, 2.24) is 10.2 Å². The quantitative estimate of drug-likeness (QED) is 0.594. The Kier molecular flexibility index (Phi) is 8.67. The molecule has 0 saturated carbocycles. The van der Waals surface area contributed by atoms with Crippen molar-refractivity contribution in [3.05, 3.63) is 0 Å². The highest BCUT2D eigenvalue weighted by atomic mass is 16.5. The lowest BCUT2D eigenvalue weighted by Crippen LogP contribution is -2.31. The number of likely N-dealkylation sites (tertiary alicyclic amines) is 1. The second-order valence-electron chi connectivity index (χ2n) is 5.22. The van der Waals surface area contributed by atoms with Crippen LogP contribution in [0.5, 0.6) is 0 Å². The molecule has 0 amide bonds. The maximum Gasteiger partial charge on any atom is 0.0503 e. The summed E-state index contributed by atoms with van der Waals surface area (Å²) in [6, 6.07) is 0. The molecule has 1 aliphatic heterocycles. The maximum absolute atomic E-state index is 5.21. The van der Waals surface area contributed by atoms with Crippen molar-refractivity contribution in [2.75, 3.05) is 46.4 Å². The molecule has 1 unspecified atom stereocenters. The average Bonchev–Trinajstić information content (AvgIpc) is 2.76. The topological polar surface area (TPSA) is 24.5 Å². The first-order chi connectivity index (χ1) is 8.36. The van der Waals surface area contributed by atoms with Gasteiger partial charge in [0, 0.05) is 26.7 Å². The Bertz CT molecular complexity index is 176. The van der Waals surface area contributed by atoms with Crippen LogP contribution in [0.2, 0.25) is 0 Å². The molecule has 1 N–H and O–H groups in total. The van der Waals surface area contributed by atoms with Gasteiger partial charge >= 0.3 is 0 Å². The van der Waals surface area contributed by atoms with E-state index >= 15 is 0 Å².